The summed E-state index contributed by atoms with van der Waals surface area (Å²) in [6.45, 7) is 3.16. The minimum atomic E-state index is -1.35. The second-order valence-corrected chi connectivity index (χ2v) is 6.25. The van der Waals surface area contributed by atoms with Gasteiger partial charge in [0.15, 0.2) is 11.9 Å². The number of fused-ring (bicyclic) bond motifs is 1. The largest absolute Gasteiger partial charge is 0.368 e. The fourth-order valence-corrected chi connectivity index (χ4v) is 3.41. The summed E-state index contributed by atoms with van der Waals surface area (Å²) in [5.74, 6) is -0.912. The summed E-state index contributed by atoms with van der Waals surface area (Å²) >= 11 is 0. The molecule has 3 N–H and O–H groups in total. The lowest BCUT2D eigenvalue weighted by atomic mass is 10.0. The lowest BCUT2D eigenvalue weighted by Crippen LogP contribution is -2.53. The molecule has 4 heterocycles. The van der Waals surface area contributed by atoms with Crippen LogP contribution in [0.1, 0.15) is 35.3 Å². The van der Waals surface area contributed by atoms with Crippen molar-refractivity contribution in [3.8, 4) is 0 Å². The van der Waals surface area contributed by atoms with Gasteiger partial charge in [0, 0.05) is 32.6 Å². The number of aromatic nitrogens is 2. The van der Waals surface area contributed by atoms with Crippen molar-refractivity contribution in [2.75, 3.05) is 31.1 Å². The van der Waals surface area contributed by atoms with E-state index in [1.807, 2.05) is 4.90 Å². The second kappa shape index (κ2) is 6.05. The number of nitrogens with zero attached hydrogens (tertiary/aromatic N) is 4. The fourth-order valence-electron chi connectivity index (χ4n) is 3.41. The number of aliphatic hydroxyl groups is 1. The highest BCUT2D eigenvalue weighted by molar-refractivity contribution is 6.04. The predicted molar refractivity (Wildman–Crippen MR) is 84.4 cm³/mol. The molecular weight excluding hydrogens is 328 g/mol. The summed E-state index contributed by atoms with van der Waals surface area (Å²) in [7, 11) is 0. The summed E-state index contributed by atoms with van der Waals surface area (Å²) < 4.78 is 0. The van der Waals surface area contributed by atoms with E-state index in [0.29, 0.717) is 5.82 Å². The Labute approximate surface area is 143 Å². The number of hydrogen-bond acceptors (Lipinski definition) is 8. The van der Waals surface area contributed by atoms with Gasteiger partial charge < -0.3 is 15.3 Å². The first-order chi connectivity index (χ1) is 12.1. The highest BCUT2D eigenvalue weighted by atomic mass is 16.3. The molecule has 3 aliphatic heterocycles. The van der Waals surface area contributed by atoms with Crippen LogP contribution in [0.25, 0.3) is 0 Å². The Morgan fingerprint density at radius 2 is 1.96 bits per heavy atom. The minimum Gasteiger partial charge on any atom is -0.368 e. The summed E-state index contributed by atoms with van der Waals surface area (Å²) in [5, 5.41) is 16.0. The van der Waals surface area contributed by atoms with E-state index in [1.54, 1.807) is 0 Å². The van der Waals surface area contributed by atoms with Crippen LogP contribution in [0.2, 0.25) is 0 Å². The van der Waals surface area contributed by atoms with E-state index in [-0.39, 0.29) is 30.1 Å². The SMILES string of the molecule is O=C1CCC(N2C(=O)c3ncc(N4CCNCC4)nc3C2O)C(=O)N1. The Hall–Kier alpha value is -2.59. The Balaban J connectivity index is 1.62. The maximum Gasteiger partial charge on any atom is 0.277 e. The Kier molecular flexibility index (Phi) is 3.85. The topological polar surface area (TPSA) is 128 Å². The van der Waals surface area contributed by atoms with Gasteiger partial charge in [-0.3, -0.25) is 24.6 Å². The number of amides is 3. The maximum atomic E-state index is 12.6. The molecule has 10 nitrogen and oxygen atoms in total. The lowest BCUT2D eigenvalue weighted by molar-refractivity contribution is -0.139. The number of nitrogens with one attached hydrogen (secondary N) is 2. The number of imide groups is 1. The quantitative estimate of drug-likeness (QED) is 0.532. The average molecular weight is 346 g/mol. The third-order valence-electron chi connectivity index (χ3n) is 4.72. The van der Waals surface area contributed by atoms with Crippen molar-refractivity contribution in [3.63, 3.8) is 0 Å². The van der Waals surface area contributed by atoms with Gasteiger partial charge in [-0.05, 0) is 6.42 Å². The first-order valence-corrected chi connectivity index (χ1v) is 8.23. The van der Waals surface area contributed by atoms with Crippen molar-refractivity contribution in [2.24, 2.45) is 0 Å². The molecule has 25 heavy (non-hydrogen) atoms. The molecule has 0 aliphatic carbocycles. The summed E-state index contributed by atoms with van der Waals surface area (Å²) in [6.07, 6.45) is 0.465. The first kappa shape index (κ1) is 15.9. The van der Waals surface area contributed by atoms with Gasteiger partial charge in [-0.2, -0.15) is 0 Å². The van der Waals surface area contributed by atoms with E-state index in [2.05, 4.69) is 20.6 Å². The Bertz CT molecular complexity index is 748. The van der Waals surface area contributed by atoms with Crippen molar-refractivity contribution >= 4 is 23.5 Å². The normalized spacial score (nSPS) is 26.7. The third kappa shape index (κ3) is 2.63. The van der Waals surface area contributed by atoms with E-state index in [1.165, 1.54) is 6.20 Å². The molecule has 1 aromatic rings. The van der Waals surface area contributed by atoms with Crippen molar-refractivity contribution in [2.45, 2.75) is 25.1 Å². The highest BCUT2D eigenvalue weighted by Crippen LogP contribution is 2.33. The van der Waals surface area contributed by atoms with Gasteiger partial charge in [0.25, 0.3) is 5.91 Å². The molecular formula is C15H18N6O4. The van der Waals surface area contributed by atoms with Crippen LogP contribution >= 0.6 is 0 Å². The van der Waals surface area contributed by atoms with E-state index in [4.69, 9.17) is 0 Å². The fraction of sp³-hybridized carbons (Fsp3) is 0.533. The van der Waals surface area contributed by atoms with Crippen LogP contribution in [0.5, 0.6) is 0 Å². The highest BCUT2D eigenvalue weighted by Gasteiger charge is 2.46. The van der Waals surface area contributed by atoms with Crippen molar-refractivity contribution in [3.05, 3.63) is 17.6 Å². The number of anilines is 1. The second-order valence-electron chi connectivity index (χ2n) is 6.25. The molecule has 2 unspecified atom stereocenters. The first-order valence-electron chi connectivity index (χ1n) is 8.23. The molecule has 0 aromatic carbocycles. The van der Waals surface area contributed by atoms with Gasteiger partial charge in [0.2, 0.25) is 11.8 Å². The van der Waals surface area contributed by atoms with Gasteiger partial charge in [-0.1, -0.05) is 0 Å². The van der Waals surface area contributed by atoms with E-state index in [0.717, 1.165) is 31.1 Å². The number of aliphatic hydroxyl groups excluding tert-OH is 1. The van der Waals surface area contributed by atoms with E-state index in [9.17, 15) is 19.5 Å². The maximum absolute atomic E-state index is 12.6. The molecule has 4 rings (SSSR count). The average Bonchev–Trinajstić information content (AvgIpc) is 2.87. The van der Waals surface area contributed by atoms with E-state index >= 15 is 0 Å². The van der Waals surface area contributed by atoms with Crippen LogP contribution in [0, 0.1) is 0 Å². The zero-order valence-electron chi connectivity index (χ0n) is 13.4. The summed E-state index contributed by atoms with van der Waals surface area (Å²) in [5.41, 5.74) is 0.210. The zero-order chi connectivity index (χ0) is 17.6. The molecule has 2 saturated heterocycles. The molecule has 2 atom stereocenters. The van der Waals surface area contributed by atoms with Gasteiger partial charge >= 0.3 is 0 Å². The molecule has 0 spiro atoms. The Morgan fingerprint density at radius 3 is 2.68 bits per heavy atom. The van der Waals surface area contributed by atoms with E-state index < -0.39 is 24.1 Å². The van der Waals surface area contributed by atoms with Crippen LogP contribution in [-0.4, -0.2) is 69.9 Å². The third-order valence-corrected chi connectivity index (χ3v) is 4.72. The zero-order valence-corrected chi connectivity index (χ0v) is 13.4. The summed E-state index contributed by atoms with van der Waals surface area (Å²) in [6, 6.07) is -0.904. The molecule has 132 valence electrons. The Morgan fingerprint density at radius 1 is 1.20 bits per heavy atom. The number of piperazine rings is 1. The molecule has 0 radical (unpaired) electrons. The van der Waals surface area contributed by atoms with Crippen molar-refractivity contribution in [1.29, 1.82) is 0 Å². The molecule has 0 saturated carbocycles. The number of carbonyl (C=O) groups is 3. The number of piperidine rings is 1. The number of rotatable bonds is 2. The van der Waals surface area contributed by atoms with Crippen LogP contribution in [-0.2, 0) is 9.59 Å². The molecule has 3 amide bonds. The van der Waals surface area contributed by atoms with Gasteiger partial charge in [0.1, 0.15) is 17.6 Å². The van der Waals surface area contributed by atoms with Gasteiger partial charge in [0.05, 0.1) is 6.20 Å². The van der Waals surface area contributed by atoms with Gasteiger partial charge in [-0.15, -0.1) is 0 Å². The number of carbonyl (C=O) groups excluding carboxylic acids is 3. The van der Waals surface area contributed by atoms with Crippen LogP contribution in [0.4, 0.5) is 5.82 Å². The molecule has 1 aromatic heterocycles. The van der Waals surface area contributed by atoms with Crippen molar-refractivity contribution in [1.82, 2.24) is 25.5 Å². The monoisotopic (exact) mass is 346 g/mol. The van der Waals surface area contributed by atoms with Crippen LogP contribution in [0.3, 0.4) is 0 Å². The molecule has 10 heteroatoms. The van der Waals surface area contributed by atoms with Crippen LogP contribution < -0.4 is 15.5 Å². The van der Waals surface area contributed by atoms with Crippen LogP contribution in [0.15, 0.2) is 6.20 Å². The molecule has 3 aliphatic rings. The molecule has 0 bridgehead atoms. The van der Waals surface area contributed by atoms with Gasteiger partial charge in [-0.25, -0.2) is 9.97 Å². The number of hydrogen-bond donors (Lipinski definition) is 3. The predicted octanol–water partition coefficient (Wildman–Crippen LogP) is -1.86. The minimum absolute atomic E-state index is 0.0519. The lowest BCUT2D eigenvalue weighted by Gasteiger charge is -2.31. The smallest absolute Gasteiger partial charge is 0.277 e. The standard InChI is InChI=1S/C15H18N6O4/c22-10-2-1-8(13(23)19-10)21-14(24)11-12(15(21)25)18-9(7-17-11)20-5-3-16-4-6-20/h7-8,15-16,25H,1-6H2,(H,19,22,23). The van der Waals surface area contributed by atoms with Crippen molar-refractivity contribution < 1.29 is 19.5 Å². The summed E-state index contributed by atoms with van der Waals surface area (Å²) in [4.78, 5) is 47.6. The molecule has 2 fully saturated rings.